The fourth-order valence-electron chi connectivity index (χ4n) is 2.38. The van der Waals surface area contributed by atoms with Crippen LogP contribution in [-0.4, -0.2) is 34.9 Å². The molecule has 0 saturated heterocycles. The molecule has 11 heteroatoms. The Morgan fingerprint density at radius 3 is 2.00 bits per heavy atom. The maximum Gasteiger partial charge on any atom is 0.339 e. The number of methoxy groups -OCH3 is 1. The molecule has 2 aromatic rings. The van der Waals surface area contributed by atoms with Gasteiger partial charge in [-0.15, -0.1) is 0 Å². The van der Waals surface area contributed by atoms with E-state index in [0.717, 1.165) is 12.1 Å². The molecule has 11 nitrogen and oxygen atoms in total. The lowest BCUT2D eigenvalue weighted by Crippen LogP contribution is -2.30. The molecular formula is C18H17N3O8. The second-order valence-electron chi connectivity index (χ2n) is 5.92. The van der Waals surface area contributed by atoms with Crippen molar-refractivity contribution in [2.45, 2.75) is 20.0 Å². The SMILES string of the molecule is COc1ccc(NC(=O)C(C)OC(=O)c2cc([N+](=O)[O-])c(C)c([N+](=O)[O-])c2)cc1. The van der Waals surface area contributed by atoms with Crippen molar-refractivity contribution >= 4 is 28.9 Å². The molecule has 1 N–H and O–H groups in total. The molecular weight excluding hydrogens is 386 g/mol. The zero-order valence-corrected chi connectivity index (χ0v) is 15.7. The molecule has 1 unspecified atom stereocenters. The van der Waals surface area contributed by atoms with Crippen molar-refractivity contribution in [2.24, 2.45) is 0 Å². The first-order valence-electron chi connectivity index (χ1n) is 8.23. The maximum atomic E-state index is 12.3. The van der Waals surface area contributed by atoms with Gasteiger partial charge in [-0.3, -0.25) is 25.0 Å². The highest BCUT2D eigenvalue weighted by Crippen LogP contribution is 2.29. The number of hydrogen-bond acceptors (Lipinski definition) is 8. The Morgan fingerprint density at radius 2 is 1.55 bits per heavy atom. The molecule has 0 radical (unpaired) electrons. The molecule has 29 heavy (non-hydrogen) atoms. The summed E-state index contributed by atoms with van der Waals surface area (Å²) in [5.41, 5.74) is -1.36. The van der Waals surface area contributed by atoms with Gasteiger partial charge in [-0.05, 0) is 38.1 Å². The Morgan fingerprint density at radius 1 is 1.03 bits per heavy atom. The number of nitrogens with one attached hydrogen (secondary N) is 1. The van der Waals surface area contributed by atoms with E-state index in [2.05, 4.69) is 5.32 Å². The Kier molecular flexibility index (Phi) is 6.44. The highest BCUT2D eigenvalue weighted by atomic mass is 16.6. The summed E-state index contributed by atoms with van der Waals surface area (Å²) in [6.45, 7) is 2.50. The van der Waals surface area contributed by atoms with Crippen LogP contribution < -0.4 is 10.1 Å². The molecule has 1 amide bonds. The first kappa shape index (κ1) is 21.3. The van der Waals surface area contributed by atoms with Gasteiger partial charge in [-0.2, -0.15) is 0 Å². The summed E-state index contributed by atoms with van der Waals surface area (Å²) >= 11 is 0. The normalized spacial score (nSPS) is 11.3. The summed E-state index contributed by atoms with van der Waals surface area (Å²) < 4.78 is 10.0. The van der Waals surface area contributed by atoms with E-state index < -0.39 is 44.8 Å². The summed E-state index contributed by atoms with van der Waals surface area (Å²) in [6.07, 6.45) is -1.26. The van der Waals surface area contributed by atoms with Crippen molar-refractivity contribution < 1.29 is 28.9 Å². The van der Waals surface area contributed by atoms with E-state index in [0.29, 0.717) is 11.4 Å². The summed E-state index contributed by atoms with van der Waals surface area (Å²) in [6, 6.07) is 8.15. The topological polar surface area (TPSA) is 151 Å². The largest absolute Gasteiger partial charge is 0.497 e. The number of esters is 1. The zero-order valence-electron chi connectivity index (χ0n) is 15.7. The number of carbonyl (C=O) groups is 2. The Hall–Kier alpha value is -4.02. The van der Waals surface area contributed by atoms with Crippen LogP contribution in [0.5, 0.6) is 5.75 Å². The fraction of sp³-hybridized carbons (Fsp3) is 0.222. The zero-order chi connectivity index (χ0) is 21.7. The van der Waals surface area contributed by atoms with Crippen LogP contribution in [0, 0.1) is 27.2 Å². The molecule has 0 aliphatic carbocycles. The number of nitrogens with zero attached hydrogens (tertiary/aromatic N) is 2. The monoisotopic (exact) mass is 403 g/mol. The molecule has 0 heterocycles. The number of nitro benzene ring substituents is 2. The van der Waals surface area contributed by atoms with E-state index in [1.54, 1.807) is 24.3 Å². The van der Waals surface area contributed by atoms with Gasteiger partial charge in [0.15, 0.2) is 6.10 Å². The minimum atomic E-state index is -1.26. The van der Waals surface area contributed by atoms with Gasteiger partial charge in [0, 0.05) is 17.8 Å². The number of carbonyl (C=O) groups excluding carboxylic acids is 2. The van der Waals surface area contributed by atoms with Crippen molar-refractivity contribution in [3.63, 3.8) is 0 Å². The number of anilines is 1. The molecule has 0 fully saturated rings. The minimum Gasteiger partial charge on any atom is -0.497 e. The van der Waals surface area contributed by atoms with E-state index in [4.69, 9.17) is 9.47 Å². The van der Waals surface area contributed by atoms with Crippen molar-refractivity contribution in [2.75, 3.05) is 12.4 Å². The molecule has 0 aliphatic rings. The van der Waals surface area contributed by atoms with E-state index in [9.17, 15) is 29.8 Å². The van der Waals surface area contributed by atoms with Crippen LogP contribution in [0.25, 0.3) is 0 Å². The first-order chi connectivity index (χ1) is 13.6. The molecule has 0 aromatic heterocycles. The lowest BCUT2D eigenvalue weighted by Gasteiger charge is -2.14. The summed E-state index contributed by atoms with van der Waals surface area (Å²) in [5.74, 6) is -1.17. The van der Waals surface area contributed by atoms with E-state index in [1.807, 2.05) is 0 Å². The van der Waals surface area contributed by atoms with E-state index in [-0.39, 0.29) is 5.56 Å². The molecule has 2 rings (SSSR count). The molecule has 0 spiro atoms. The average molecular weight is 403 g/mol. The van der Waals surface area contributed by atoms with Crippen molar-refractivity contribution in [1.82, 2.24) is 0 Å². The number of hydrogen-bond donors (Lipinski definition) is 1. The van der Waals surface area contributed by atoms with E-state index >= 15 is 0 Å². The quantitative estimate of drug-likeness (QED) is 0.421. The third kappa shape index (κ3) is 5.03. The summed E-state index contributed by atoms with van der Waals surface area (Å²) in [4.78, 5) is 45.0. The van der Waals surface area contributed by atoms with Crippen LogP contribution in [0.2, 0.25) is 0 Å². The second kappa shape index (κ2) is 8.78. The van der Waals surface area contributed by atoms with Crippen LogP contribution in [0.15, 0.2) is 36.4 Å². The second-order valence-corrected chi connectivity index (χ2v) is 5.92. The van der Waals surface area contributed by atoms with Crippen LogP contribution >= 0.6 is 0 Å². The van der Waals surface area contributed by atoms with Crippen LogP contribution in [0.3, 0.4) is 0 Å². The number of nitro groups is 2. The van der Waals surface area contributed by atoms with Gasteiger partial charge in [0.05, 0.1) is 22.5 Å². The van der Waals surface area contributed by atoms with Gasteiger partial charge in [0.2, 0.25) is 0 Å². The number of amides is 1. The van der Waals surface area contributed by atoms with E-state index in [1.165, 1.54) is 21.0 Å². The number of rotatable bonds is 7. The van der Waals surface area contributed by atoms with Crippen molar-refractivity contribution in [3.8, 4) is 5.75 Å². The fourth-order valence-corrected chi connectivity index (χ4v) is 2.38. The number of benzene rings is 2. The smallest absolute Gasteiger partial charge is 0.339 e. The highest BCUT2D eigenvalue weighted by Gasteiger charge is 2.27. The summed E-state index contributed by atoms with van der Waals surface area (Å²) in [7, 11) is 1.49. The minimum absolute atomic E-state index is 0.193. The third-order valence-electron chi connectivity index (χ3n) is 3.99. The van der Waals surface area contributed by atoms with Gasteiger partial charge < -0.3 is 14.8 Å². The highest BCUT2D eigenvalue weighted by molar-refractivity contribution is 5.98. The van der Waals surface area contributed by atoms with Crippen molar-refractivity contribution in [1.29, 1.82) is 0 Å². The van der Waals surface area contributed by atoms with Crippen LogP contribution in [0.1, 0.15) is 22.8 Å². The Balaban J connectivity index is 2.16. The average Bonchev–Trinajstić information content (AvgIpc) is 2.68. The Bertz CT molecular complexity index is 937. The molecule has 152 valence electrons. The van der Waals surface area contributed by atoms with Gasteiger partial charge in [-0.25, -0.2) is 4.79 Å². The third-order valence-corrected chi connectivity index (χ3v) is 3.99. The Labute approximate surface area is 164 Å². The van der Waals surface area contributed by atoms with Crippen molar-refractivity contribution in [3.05, 3.63) is 67.8 Å². The molecule has 0 saturated carbocycles. The molecule has 0 bridgehead atoms. The lowest BCUT2D eigenvalue weighted by molar-refractivity contribution is -0.395. The summed E-state index contributed by atoms with van der Waals surface area (Å²) in [5, 5.41) is 24.7. The standard InChI is InChI=1S/C18H17N3O8/c1-10-15(20(24)25)8-12(9-16(10)21(26)27)18(23)29-11(2)17(22)19-13-4-6-14(28-3)7-5-13/h4-9,11H,1-3H3,(H,19,22). The van der Waals surface area contributed by atoms with Crippen LogP contribution in [-0.2, 0) is 9.53 Å². The molecule has 1 atom stereocenters. The van der Waals surface area contributed by atoms with Gasteiger partial charge in [0.1, 0.15) is 11.3 Å². The molecule has 2 aromatic carbocycles. The lowest BCUT2D eigenvalue weighted by atomic mass is 10.1. The van der Waals surface area contributed by atoms with Gasteiger partial charge in [-0.1, -0.05) is 0 Å². The maximum absolute atomic E-state index is 12.3. The van der Waals surface area contributed by atoms with Gasteiger partial charge >= 0.3 is 5.97 Å². The number of ether oxygens (including phenoxy) is 2. The molecule has 0 aliphatic heterocycles. The predicted molar refractivity (Wildman–Crippen MR) is 101 cm³/mol. The first-order valence-corrected chi connectivity index (χ1v) is 8.23. The van der Waals surface area contributed by atoms with Crippen LogP contribution in [0.4, 0.5) is 17.1 Å². The predicted octanol–water partition coefficient (Wildman–Crippen LogP) is 3.00. The van der Waals surface area contributed by atoms with Gasteiger partial charge in [0.25, 0.3) is 17.3 Å².